The zero-order chi connectivity index (χ0) is 17.7. The van der Waals surface area contributed by atoms with Gasteiger partial charge in [-0.1, -0.05) is 6.92 Å². The van der Waals surface area contributed by atoms with E-state index in [1.165, 1.54) is 24.3 Å². The maximum atomic E-state index is 12.2. The quantitative estimate of drug-likeness (QED) is 0.226. The number of nitrogens with two attached hydrogens (primary N) is 1. The Hall–Kier alpha value is -1.43. The summed E-state index contributed by atoms with van der Waals surface area (Å²) in [6, 6.07) is 4.85. The molecule has 0 amide bonds. The third-order valence-corrected chi connectivity index (χ3v) is 5.86. The fraction of sp³-hybridized carbons (Fsp3) is 0.533. The van der Waals surface area contributed by atoms with E-state index >= 15 is 0 Å². The summed E-state index contributed by atoms with van der Waals surface area (Å²) in [6.07, 6.45) is 2.11. The molecular formula is C15H23IN4O4S. The number of sulfone groups is 1. The number of nitrogens with zero attached hydrogens (tertiary/aromatic N) is 3. The fourth-order valence-electron chi connectivity index (χ4n) is 2.51. The minimum Gasteiger partial charge on any atom is -0.370 e. The third kappa shape index (κ3) is 6.10. The van der Waals surface area contributed by atoms with Gasteiger partial charge >= 0.3 is 0 Å². The van der Waals surface area contributed by atoms with Crippen molar-refractivity contribution in [1.29, 1.82) is 0 Å². The molecule has 140 valence electrons. The second-order valence-corrected chi connectivity index (χ2v) is 8.09. The van der Waals surface area contributed by atoms with Crippen LogP contribution in [0.5, 0.6) is 0 Å². The number of hydrogen-bond donors (Lipinski definition) is 1. The SMILES string of the molecule is CC1CCN(C(N)=NCCS(=O)(=O)c2ccc([N+](=O)[O-])cc2)CC1.I. The zero-order valence-electron chi connectivity index (χ0n) is 14.0. The lowest BCUT2D eigenvalue weighted by Gasteiger charge is -2.31. The van der Waals surface area contributed by atoms with Crippen LogP contribution in [0.15, 0.2) is 34.2 Å². The molecule has 0 aromatic heterocycles. The Morgan fingerprint density at radius 3 is 2.40 bits per heavy atom. The number of nitro benzene ring substituents is 1. The van der Waals surface area contributed by atoms with Crippen LogP contribution in [0.1, 0.15) is 19.8 Å². The van der Waals surface area contributed by atoms with Crippen molar-refractivity contribution in [2.75, 3.05) is 25.4 Å². The van der Waals surface area contributed by atoms with E-state index in [0.717, 1.165) is 25.9 Å². The van der Waals surface area contributed by atoms with Crippen molar-refractivity contribution in [2.24, 2.45) is 16.6 Å². The second kappa shape index (κ2) is 9.32. The molecule has 0 radical (unpaired) electrons. The standard InChI is InChI=1S/C15H22N4O4S.HI/c1-12-6-9-18(10-7-12)15(16)17-8-11-24(22,23)14-4-2-13(3-5-14)19(20)21;/h2-5,12H,6-11H2,1H3,(H2,16,17);1H. The molecule has 1 aliphatic heterocycles. The van der Waals surface area contributed by atoms with Crippen molar-refractivity contribution >= 4 is 45.5 Å². The molecule has 1 saturated heterocycles. The van der Waals surface area contributed by atoms with E-state index in [0.29, 0.717) is 11.9 Å². The van der Waals surface area contributed by atoms with Crippen LogP contribution in [0.25, 0.3) is 0 Å². The molecule has 2 rings (SSSR count). The number of rotatable bonds is 5. The van der Waals surface area contributed by atoms with Gasteiger partial charge in [0, 0.05) is 25.2 Å². The predicted octanol–water partition coefficient (Wildman–Crippen LogP) is 2.03. The summed E-state index contributed by atoms with van der Waals surface area (Å²) < 4.78 is 24.4. The van der Waals surface area contributed by atoms with Crippen molar-refractivity contribution in [3.8, 4) is 0 Å². The normalized spacial score (nSPS) is 16.4. The molecule has 25 heavy (non-hydrogen) atoms. The van der Waals surface area contributed by atoms with Gasteiger partial charge in [-0.15, -0.1) is 24.0 Å². The number of nitro groups is 1. The lowest BCUT2D eigenvalue weighted by Crippen LogP contribution is -2.42. The highest BCUT2D eigenvalue weighted by Crippen LogP contribution is 2.17. The number of benzene rings is 1. The molecule has 10 heteroatoms. The molecule has 1 aliphatic rings. The number of non-ortho nitro benzene ring substituents is 1. The summed E-state index contributed by atoms with van der Waals surface area (Å²) in [4.78, 5) is 16.2. The fourth-order valence-corrected chi connectivity index (χ4v) is 3.63. The smallest absolute Gasteiger partial charge is 0.269 e. The molecule has 1 heterocycles. The maximum absolute atomic E-state index is 12.2. The van der Waals surface area contributed by atoms with Gasteiger partial charge in [0.05, 0.1) is 22.1 Å². The Morgan fingerprint density at radius 2 is 1.88 bits per heavy atom. The van der Waals surface area contributed by atoms with Gasteiger partial charge < -0.3 is 10.6 Å². The van der Waals surface area contributed by atoms with Gasteiger partial charge in [-0.25, -0.2) is 8.42 Å². The van der Waals surface area contributed by atoms with Crippen molar-refractivity contribution in [3.63, 3.8) is 0 Å². The van der Waals surface area contributed by atoms with Crippen molar-refractivity contribution in [1.82, 2.24) is 4.90 Å². The highest BCUT2D eigenvalue weighted by atomic mass is 127. The summed E-state index contributed by atoms with van der Waals surface area (Å²) in [5, 5.41) is 10.6. The van der Waals surface area contributed by atoms with Gasteiger partial charge in [-0.05, 0) is 30.9 Å². The van der Waals surface area contributed by atoms with Crippen LogP contribution >= 0.6 is 24.0 Å². The molecule has 0 aliphatic carbocycles. The molecule has 0 atom stereocenters. The number of guanidine groups is 1. The van der Waals surface area contributed by atoms with E-state index in [1.54, 1.807) is 0 Å². The molecule has 8 nitrogen and oxygen atoms in total. The van der Waals surface area contributed by atoms with Crippen LogP contribution in [0.4, 0.5) is 5.69 Å². The summed E-state index contributed by atoms with van der Waals surface area (Å²) in [6.45, 7) is 3.94. The largest absolute Gasteiger partial charge is 0.370 e. The first-order chi connectivity index (χ1) is 11.3. The summed E-state index contributed by atoms with van der Waals surface area (Å²) in [5.74, 6) is 0.868. The number of likely N-dealkylation sites (tertiary alicyclic amines) is 1. The minimum absolute atomic E-state index is 0. The molecule has 1 fully saturated rings. The first kappa shape index (κ1) is 21.6. The first-order valence-corrected chi connectivity index (χ1v) is 9.47. The molecule has 0 unspecified atom stereocenters. The molecule has 0 saturated carbocycles. The molecule has 2 N–H and O–H groups in total. The molecule has 1 aromatic rings. The van der Waals surface area contributed by atoms with Crippen LogP contribution in [-0.2, 0) is 9.84 Å². The lowest BCUT2D eigenvalue weighted by atomic mass is 10.00. The first-order valence-electron chi connectivity index (χ1n) is 7.81. The molecular weight excluding hydrogens is 459 g/mol. The van der Waals surface area contributed by atoms with Crippen LogP contribution in [0.2, 0.25) is 0 Å². The summed E-state index contributed by atoms with van der Waals surface area (Å²) in [5.41, 5.74) is 5.78. The van der Waals surface area contributed by atoms with Crippen LogP contribution in [0.3, 0.4) is 0 Å². The number of hydrogen-bond acceptors (Lipinski definition) is 5. The molecule has 0 spiro atoms. The van der Waals surface area contributed by atoms with Crippen LogP contribution in [0, 0.1) is 16.0 Å². The highest BCUT2D eigenvalue weighted by molar-refractivity contribution is 14.0. The average Bonchev–Trinajstić information content (AvgIpc) is 2.55. The van der Waals surface area contributed by atoms with Gasteiger partial charge in [0.25, 0.3) is 5.69 Å². The third-order valence-electron chi connectivity index (χ3n) is 4.15. The Kier molecular flexibility index (Phi) is 8.06. The van der Waals surface area contributed by atoms with E-state index in [1.807, 2.05) is 4.90 Å². The lowest BCUT2D eigenvalue weighted by molar-refractivity contribution is -0.384. The van der Waals surface area contributed by atoms with E-state index in [2.05, 4.69) is 11.9 Å². The van der Waals surface area contributed by atoms with Crippen LogP contribution < -0.4 is 5.73 Å². The highest BCUT2D eigenvalue weighted by Gasteiger charge is 2.18. The zero-order valence-corrected chi connectivity index (χ0v) is 17.1. The Bertz CT molecular complexity index is 714. The molecule has 1 aromatic carbocycles. The van der Waals surface area contributed by atoms with E-state index in [9.17, 15) is 18.5 Å². The molecule has 0 bridgehead atoms. The van der Waals surface area contributed by atoms with Crippen molar-refractivity contribution in [2.45, 2.75) is 24.7 Å². The van der Waals surface area contributed by atoms with Crippen molar-refractivity contribution in [3.05, 3.63) is 34.4 Å². The maximum Gasteiger partial charge on any atom is 0.269 e. The number of aliphatic imine (C=N–C) groups is 1. The average molecular weight is 482 g/mol. The minimum atomic E-state index is -3.54. The Morgan fingerprint density at radius 1 is 1.32 bits per heavy atom. The monoisotopic (exact) mass is 482 g/mol. The topological polar surface area (TPSA) is 119 Å². The summed E-state index contributed by atoms with van der Waals surface area (Å²) >= 11 is 0. The number of piperidine rings is 1. The van der Waals surface area contributed by atoms with Crippen LogP contribution in [-0.4, -0.2) is 49.6 Å². The van der Waals surface area contributed by atoms with Gasteiger partial charge in [-0.2, -0.15) is 0 Å². The van der Waals surface area contributed by atoms with Gasteiger partial charge in [0.2, 0.25) is 0 Å². The summed E-state index contributed by atoms with van der Waals surface area (Å²) in [7, 11) is -3.54. The predicted molar refractivity (Wildman–Crippen MR) is 107 cm³/mol. The van der Waals surface area contributed by atoms with E-state index in [-0.39, 0.29) is 46.9 Å². The second-order valence-electron chi connectivity index (χ2n) is 5.98. The van der Waals surface area contributed by atoms with Gasteiger partial charge in [0.1, 0.15) is 0 Å². The van der Waals surface area contributed by atoms with Gasteiger partial charge in [-0.3, -0.25) is 15.1 Å². The Labute approximate surface area is 164 Å². The van der Waals surface area contributed by atoms with Crippen molar-refractivity contribution < 1.29 is 13.3 Å². The number of halogens is 1. The van der Waals surface area contributed by atoms with Gasteiger partial charge in [0.15, 0.2) is 15.8 Å². The Balaban J connectivity index is 0.00000312. The van der Waals surface area contributed by atoms with E-state index in [4.69, 9.17) is 5.73 Å². The van der Waals surface area contributed by atoms with E-state index < -0.39 is 14.8 Å².